The number of tetrazole rings is 1. The number of carbonyl (C=O) groups excluding carboxylic acids is 1. The summed E-state index contributed by atoms with van der Waals surface area (Å²) >= 11 is 1.54. The molecule has 1 N–H and O–H groups in total. The average Bonchev–Trinajstić information content (AvgIpc) is 3.56. The second-order valence-corrected chi connectivity index (χ2v) is 9.07. The second kappa shape index (κ2) is 9.18. The van der Waals surface area contributed by atoms with Crippen LogP contribution in [0, 0.1) is 6.92 Å². The number of aromatic amines is 1. The topological polar surface area (TPSA) is 98.6 Å². The molecule has 0 spiro atoms. The maximum absolute atomic E-state index is 12.7. The van der Waals surface area contributed by atoms with Crippen molar-refractivity contribution in [2.75, 3.05) is 6.61 Å². The highest BCUT2D eigenvalue weighted by atomic mass is 32.1. The van der Waals surface area contributed by atoms with Crippen LogP contribution in [0.4, 0.5) is 0 Å². The number of esters is 1. The molecule has 172 valence electrons. The zero-order chi connectivity index (χ0) is 23.7. The summed E-state index contributed by atoms with van der Waals surface area (Å²) in [6, 6.07) is 16.4. The molecule has 3 aromatic heterocycles. The number of H-pyrrole nitrogens is 1. The third-order valence-corrected chi connectivity index (χ3v) is 6.77. The zero-order valence-electron chi connectivity index (χ0n) is 19.2. The van der Waals surface area contributed by atoms with Crippen LogP contribution in [-0.2, 0) is 17.7 Å². The Hall–Kier alpha value is -3.85. The van der Waals surface area contributed by atoms with Crippen molar-refractivity contribution < 1.29 is 9.53 Å². The van der Waals surface area contributed by atoms with Crippen molar-refractivity contribution in [3.05, 3.63) is 70.4 Å². The second-order valence-electron chi connectivity index (χ2n) is 7.87. The van der Waals surface area contributed by atoms with Crippen LogP contribution >= 0.6 is 11.3 Å². The van der Waals surface area contributed by atoms with Crippen molar-refractivity contribution in [2.24, 2.45) is 0 Å². The molecule has 0 aliphatic heterocycles. The highest BCUT2D eigenvalue weighted by molar-refractivity contribution is 7.19. The number of hydrogen-bond donors (Lipinski definition) is 1. The van der Waals surface area contributed by atoms with Crippen LogP contribution in [0.3, 0.4) is 0 Å². The summed E-state index contributed by atoms with van der Waals surface area (Å²) in [5.74, 6) is 1.30. The van der Waals surface area contributed by atoms with E-state index in [9.17, 15) is 4.79 Å². The summed E-state index contributed by atoms with van der Waals surface area (Å²) in [5, 5.41) is 14.3. The normalized spacial score (nSPS) is 11.3. The third kappa shape index (κ3) is 3.88. The maximum Gasteiger partial charge on any atom is 0.341 e. The molecule has 0 radical (unpaired) electrons. The monoisotopic (exact) mass is 472 g/mol. The molecule has 0 atom stereocenters. The van der Waals surface area contributed by atoms with Crippen molar-refractivity contribution in [1.29, 1.82) is 0 Å². The fraction of sp³-hybridized carbons (Fsp3) is 0.240. The van der Waals surface area contributed by atoms with E-state index >= 15 is 0 Å². The number of fused-ring (bicyclic) bond motifs is 1. The van der Waals surface area contributed by atoms with Gasteiger partial charge in [-0.3, -0.25) is 0 Å². The van der Waals surface area contributed by atoms with E-state index < -0.39 is 0 Å². The van der Waals surface area contributed by atoms with E-state index in [2.05, 4.69) is 62.4 Å². The Morgan fingerprint density at radius 1 is 1.09 bits per heavy atom. The molecule has 5 aromatic rings. The van der Waals surface area contributed by atoms with Gasteiger partial charge in [0, 0.05) is 23.4 Å². The molecular formula is C25H24N6O2S. The lowest BCUT2D eigenvalue weighted by Crippen LogP contribution is -2.10. The number of nitrogens with zero attached hydrogens (tertiary/aromatic N) is 5. The Labute approximate surface area is 200 Å². The molecule has 3 heterocycles. The first kappa shape index (κ1) is 22.0. The fourth-order valence-corrected chi connectivity index (χ4v) is 5.25. The smallest absolute Gasteiger partial charge is 0.341 e. The van der Waals surface area contributed by atoms with Gasteiger partial charge in [0.25, 0.3) is 0 Å². The van der Waals surface area contributed by atoms with Gasteiger partial charge >= 0.3 is 5.97 Å². The van der Waals surface area contributed by atoms with Gasteiger partial charge < -0.3 is 9.30 Å². The SMILES string of the molecule is CCOC(=O)c1c(C)sc2nc(CC)n(Cc3ccc(-c4ccccc4-c4nnn[nH]4)cc3)c12. The number of ether oxygens (including phenoxy) is 1. The lowest BCUT2D eigenvalue weighted by molar-refractivity contribution is 0.0528. The van der Waals surface area contributed by atoms with Crippen molar-refractivity contribution >= 4 is 27.7 Å². The molecule has 0 aliphatic carbocycles. The molecule has 9 heteroatoms. The van der Waals surface area contributed by atoms with Crippen molar-refractivity contribution in [2.45, 2.75) is 33.7 Å². The van der Waals surface area contributed by atoms with E-state index in [4.69, 9.17) is 9.72 Å². The first-order chi connectivity index (χ1) is 16.6. The van der Waals surface area contributed by atoms with Crippen LogP contribution in [-0.4, -0.2) is 42.8 Å². The molecule has 34 heavy (non-hydrogen) atoms. The van der Waals surface area contributed by atoms with Crippen molar-refractivity contribution in [3.63, 3.8) is 0 Å². The predicted molar refractivity (Wildman–Crippen MR) is 132 cm³/mol. The van der Waals surface area contributed by atoms with Crippen LogP contribution < -0.4 is 0 Å². The number of rotatable bonds is 7. The van der Waals surface area contributed by atoms with Gasteiger partial charge in [-0.25, -0.2) is 14.9 Å². The first-order valence-corrected chi connectivity index (χ1v) is 12.0. The Kier molecular flexibility index (Phi) is 5.93. The minimum atomic E-state index is -0.288. The van der Waals surface area contributed by atoms with E-state index in [1.165, 1.54) is 0 Å². The third-order valence-electron chi connectivity index (χ3n) is 5.78. The lowest BCUT2D eigenvalue weighted by Gasteiger charge is -2.12. The van der Waals surface area contributed by atoms with Crippen LogP contribution in [0.1, 0.15) is 40.5 Å². The minimum Gasteiger partial charge on any atom is -0.462 e. The molecule has 0 unspecified atom stereocenters. The van der Waals surface area contributed by atoms with Crippen LogP contribution in [0.15, 0.2) is 48.5 Å². The Morgan fingerprint density at radius 3 is 2.53 bits per heavy atom. The zero-order valence-corrected chi connectivity index (χ0v) is 20.0. The van der Waals surface area contributed by atoms with Gasteiger partial charge in [-0.2, -0.15) is 0 Å². The molecular weight excluding hydrogens is 448 g/mol. The first-order valence-electron chi connectivity index (χ1n) is 11.2. The number of aryl methyl sites for hydroxylation is 2. The number of nitrogens with one attached hydrogen (secondary N) is 1. The van der Waals surface area contributed by atoms with Gasteiger partial charge in [-0.05, 0) is 41.0 Å². The average molecular weight is 473 g/mol. The lowest BCUT2D eigenvalue weighted by atomic mass is 9.98. The van der Waals surface area contributed by atoms with Crippen LogP contribution in [0.5, 0.6) is 0 Å². The largest absolute Gasteiger partial charge is 0.462 e. The number of hydrogen-bond acceptors (Lipinski definition) is 7. The van der Waals surface area contributed by atoms with Crippen LogP contribution in [0.25, 0.3) is 32.9 Å². The van der Waals surface area contributed by atoms with Crippen molar-refractivity contribution in [3.8, 4) is 22.5 Å². The van der Waals surface area contributed by atoms with Gasteiger partial charge in [0.05, 0.1) is 17.7 Å². The summed E-state index contributed by atoms with van der Waals surface area (Å²) in [7, 11) is 0. The van der Waals surface area contributed by atoms with E-state index in [1.807, 2.05) is 32.0 Å². The van der Waals surface area contributed by atoms with E-state index in [1.54, 1.807) is 11.3 Å². The summed E-state index contributed by atoms with van der Waals surface area (Å²) in [5.41, 5.74) is 5.67. The summed E-state index contributed by atoms with van der Waals surface area (Å²) in [6.07, 6.45) is 0.777. The Morgan fingerprint density at radius 2 is 1.85 bits per heavy atom. The van der Waals surface area contributed by atoms with E-state index in [-0.39, 0.29) is 5.97 Å². The number of carbonyl (C=O) groups is 1. The maximum atomic E-state index is 12.7. The number of imidazole rings is 1. The quantitative estimate of drug-likeness (QED) is 0.333. The van der Waals surface area contributed by atoms with Crippen LogP contribution in [0.2, 0.25) is 0 Å². The summed E-state index contributed by atoms with van der Waals surface area (Å²) in [4.78, 5) is 19.3. The minimum absolute atomic E-state index is 0.288. The molecule has 0 aliphatic rings. The van der Waals surface area contributed by atoms with Gasteiger partial charge in [0.2, 0.25) is 0 Å². The molecule has 5 rings (SSSR count). The summed E-state index contributed by atoms with van der Waals surface area (Å²) < 4.78 is 7.49. The molecule has 0 saturated carbocycles. The fourth-order valence-electron chi connectivity index (χ4n) is 4.22. The molecule has 8 nitrogen and oxygen atoms in total. The summed E-state index contributed by atoms with van der Waals surface area (Å²) in [6.45, 7) is 6.82. The molecule has 2 aromatic carbocycles. The number of aromatic nitrogens is 6. The Balaban J connectivity index is 1.51. The van der Waals surface area contributed by atoms with Gasteiger partial charge in [-0.1, -0.05) is 55.5 Å². The Bertz CT molecular complexity index is 1450. The highest BCUT2D eigenvalue weighted by Crippen LogP contribution is 2.34. The predicted octanol–water partition coefficient (Wildman–Crippen LogP) is 5.04. The van der Waals surface area contributed by atoms with Gasteiger partial charge in [0.1, 0.15) is 10.7 Å². The van der Waals surface area contributed by atoms with Crippen molar-refractivity contribution in [1.82, 2.24) is 30.2 Å². The van der Waals surface area contributed by atoms with E-state index in [0.29, 0.717) is 24.5 Å². The standard InChI is InChI=1S/C25H24N6O2S/c1-4-20-26-24-22(21(15(3)34-24)25(32)33-5-2)31(20)14-16-10-12-17(13-11-16)18-8-6-7-9-19(18)23-27-29-30-28-23/h6-13H,4-5,14H2,1-3H3,(H,27,28,29,30). The number of benzene rings is 2. The van der Waals surface area contributed by atoms with Gasteiger partial charge in [-0.15, -0.1) is 16.4 Å². The molecule has 0 fully saturated rings. The van der Waals surface area contributed by atoms with Gasteiger partial charge in [0.15, 0.2) is 5.82 Å². The van der Waals surface area contributed by atoms with E-state index in [0.717, 1.165) is 49.7 Å². The highest BCUT2D eigenvalue weighted by Gasteiger charge is 2.24. The molecule has 0 saturated heterocycles. The molecule has 0 amide bonds. The number of thiophene rings is 1. The molecule has 0 bridgehead atoms.